The first-order valence-corrected chi connectivity index (χ1v) is 10.4. The molecule has 2 aromatic rings. The highest BCUT2D eigenvalue weighted by Crippen LogP contribution is 2.33. The second-order valence-corrected chi connectivity index (χ2v) is 8.52. The summed E-state index contributed by atoms with van der Waals surface area (Å²) in [6.45, 7) is 3.00. The number of benzene rings is 1. The first kappa shape index (κ1) is 20.0. The highest BCUT2D eigenvalue weighted by Gasteiger charge is 2.34. The Bertz CT molecular complexity index is 796. The minimum Gasteiger partial charge on any atom is -0.340 e. The van der Waals surface area contributed by atoms with E-state index in [9.17, 15) is 18.0 Å². The number of alkyl halides is 3. The molecule has 1 aromatic carbocycles. The maximum atomic E-state index is 13.3. The van der Waals surface area contributed by atoms with E-state index in [0.29, 0.717) is 18.7 Å². The van der Waals surface area contributed by atoms with E-state index in [1.807, 2.05) is 0 Å². The molecule has 3 rings (SSSR count). The highest BCUT2D eigenvalue weighted by molar-refractivity contribution is 8.00. The molecular weight excluding hydrogens is 395 g/mol. The molecule has 9 heteroatoms. The van der Waals surface area contributed by atoms with Crippen molar-refractivity contribution in [1.29, 1.82) is 0 Å². The number of thioether (sulfide) groups is 2. The molecule has 0 bridgehead atoms. The Morgan fingerprint density at radius 3 is 2.48 bits per heavy atom. The lowest BCUT2D eigenvalue weighted by atomic mass is 10.1. The molecule has 144 valence electrons. The molecule has 1 aromatic heterocycles. The number of rotatable bonds is 4. The molecular formula is C18H18F3N3OS2. The van der Waals surface area contributed by atoms with Gasteiger partial charge in [-0.2, -0.15) is 24.9 Å². The summed E-state index contributed by atoms with van der Waals surface area (Å²) < 4.78 is 39.8. The van der Waals surface area contributed by atoms with E-state index < -0.39 is 17.1 Å². The molecule has 1 aliphatic heterocycles. The number of carbonyl (C=O) groups is 1. The summed E-state index contributed by atoms with van der Waals surface area (Å²) in [5.41, 5.74) is -0.249. The van der Waals surface area contributed by atoms with Gasteiger partial charge < -0.3 is 4.90 Å². The van der Waals surface area contributed by atoms with Crippen molar-refractivity contribution in [3.8, 4) is 11.3 Å². The van der Waals surface area contributed by atoms with Crippen molar-refractivity contribution in [2.75, 3.05) is 24.6 Å². The first-order valence-electron chi connectivity index (χ1n) is 8.39. The van der Waals surface area contributed by atoms with E-state index in [1.54, 1.807) is 53.9 Å². The van der Waals surface area contributed by atoms with Crippen LogP contribution in [0.2, 0.25) is 0 Å². The lowest BCUT2D eigenvalue weighted by Gasteiger charge is -2.28. The second kappa shape index (κ2) is 8.52. The van der Waals surface area contributed by atoms with Gasteiger partial charge in [-0.25, -0.2) is 9.97 Å². The third kappa shape index (κ3) is 5.16. The summed E-state index contributed by atoms with van der Waals surface area (Å²) >= 11 is 2.75. The average molecular weight is 413 g/mol. The molecule has 1 amide bonds. The minimum atomic E-state index is -4.58. The smallest absolute Gasteiger partial charge is 0.340 e. The maximum absolute atomic E-state index is 13.3. The zero-order valence-electron chi connectivity index (χ0n) is 14.6. The molecule has 0 aliphatic carbocycles. The third-order valence-corrected chi connectivity index (χ3v) is 5.91. The van der Waals surface area contributed by atoms with Crippen LogP contribution < -0.4 is 0 Å². The Morgan fingerprint density at radius 2 is 1.85 bits per heavy atom. The van der Waals surface area contributed by atoms with Crippen LogP contribution in [0.1, 0.15) is 12.6 Å². The van der Waals surface area contributed by atoms with Gasteiger partial charge in [0.15, 0.2) is 5.16 Å². The molecule has 0 spiro atoms. The lowest BCUT2D eigenvalue weighted by molar-refractivity contribution is -0.141. The molecule has 4 nitrogen and oxygen atoms in total. The van der Waals surface area contributed by atoms with Gasteiger partial charge >= 0.3 is 6.18 Å². The molecule has 0 radical (unpaired) electrons. The SMILES string of the molecule is C[C@@H](Sc1nc(-c2ccccc2)cc(C(F)(F)F)n1)C(=O)N1CCSCC1. The van der Waals surface area contributed by atoms with Crippen LogP contribution in [0.4, 0.5) is 13.2 Å². The van der Waals surface area contributed by atoms with Gasteiger partial charge in [0.2, 0.25) is 5.91 Å². The second-order valence-electron chi connectivity index (χ2n) is 5.98. The van der Waals surface area contributed by atoms with Gasteiger partial charge in [0.25, 0.3) is 0 Å². The number of carbonyl (C=O) groups excluding carboxylic acids is 1. The van der Waals surface area contributed by atoms with Crippen LogP contribution in [-0.2, 0) is 11.0 Å². The Kier molecular flexibility index (Phi) is 6.31. The van der Waals surface area contributed by atoms with E-state index in [0.717, 1.165) is 29.3 Å². The summed E-state index contributed by atoms with van der Waals surface area (Å²) in [5.74, 6) is 1.66. The summed E-state index contributed by atoms with van der Waals surface area (Å²) in [7, 11) is 0. The van der Waals surface area contributed by atoms with Crippen LogP contribution >= 0.6 is 23.5 Å². The van der Waals surface area contributed by atoms with E-state index >= 15 is 0 Å². The predicted molar refractivity (Wildman–Crippen MR) is 102 cm³/mol. The number of halogens is 3. The van der Waals surface area contributed by atoms with Gasteiger partial charge in [-0.15, -0.1) is 0 Å². The van der Waals surface area contributed by atoms with Gasteiger partial charge in [-0.3, -0.25) is 4.79 Å². The van der Waals surface area contributed by atoms with E-state index in [-0.39, 0.29) is 16.8 Å². The number of amides is 1. The van der Waals surface area contributed by atoms with Crippen LogP contribution in [0.25, 0.3) is 11.3 Å². The zero-order valence-corrected chi connectivity index (χ0v) is 16.2. The standard InChI is InChI=1S/C18H18F3N3OS2/c1-12(16(25)24-7-9-26-10-8-24)27-17-22-14(13-5-3-2-4-6-13)11-15(23-17)18(19,20)21/h2-6,11-12H,7-10H2,1H3/t12-/m1/s1. The Balaban J connectivity index is 1.86. The molecule has 1 atom stereocenters. The van der Waals surface area contributed by atoms with Crippen LogP contribution in [0, 0.1) is 0 Å². The van der Waals surface area contributed by atoms with Crippen molar-refractivity contribution in [3.05, 3.63) is 42.1 Å². The molecule has 0 saturated carbocycles. The van der Waals surface area contributed by atoms with Crippen LogP contribution in [0.3, 0.4) is 0 Å². The van der Waals surface area contributed by atoms with Crippen molar-refractivity contribution in [3.63, 3.8) is 0 Å². The highest BCUT2D eigenvalue weighted by atomic mass is 32.2. The molecule has 1 fully saturated rings. The topological polar surface area (TPSA) is 46.1 Å². The maximum Gasteiger partial charge on any atom is 0.433 e. The quantitative estimate of drug-likeness (QED) is 0.555. The number of hydrogen-bond donors (Lipinski definition) is 0. The Morgan fingerprint density at radius 1 is 1.19 bits per heavy atom. The fourth-order valence-electron chi connectivity index (χ4n) is 2.63. The molecule has 2 heterocycles. The Labute approximate surface area is 164 Å². The predicted octanol–water partition coefficient (Wildman–Crippen LogP) is 4.22. The minimum absolute atomic E-state index is 0.0455. The van der Waals surface area contributed by atoms with E-state index in [4.69, 9.17) is 0 Å². The van der Waals surface area contributed by atoms with Gasteiger partial charge in [0.1, 0.15) is 5.69 Å². The lowest BCUT2D eigenvalue weighted by Crippen LogP contribution is -2.41. The average Bonchev–Trinajstić information content (AvgIpc) is 2.68. The number of nitrogens with zero attached hydrogens (tertiary/aromatic N) is 3. The molecule has 27 heavy (non-hydrogen) atoms. The molecule has 0 unspecified atom stereocenters. The Hall–Kier alpha value is -1.74. The fourth-order valence-corrected chi connectivity index (χ4v) is 4.40. The van der Waals surface area contributed by atoms with Crippen LogP contribution in [0.5, 0.6) is 0 Å². The van der Waals surface area contributed by atoms with Crippen molar-refractivity contribution >= 4 is 29.4 Å². The van der Waals surface area contributed by atoms with Gasteiger partial charge in [-0.05, 0) is 13.0 Å². The normalized spacial score (nSPS) is 16.2. The van der Waals surface area contributed by atoms with Crippen molar-refractivity contribution in [1.82, 2.24) is 14.9 Å². The fraction of sp³-hybridized carbons (Fsp3) is 0.389. The largest absolute Gasteiger partial charge is 0.433 e. The molecule has 1 aliphatic rings. The third-order valence-electron chi connectivity index (χ3n) is 4.02. The van der Waals surface area contributed by atoms with Crippen LogP contribution in [-0.4, -0.2) is 50.6 Å². The van der Waals surface area contributed by atoms with Crippen molar-refractivity contribution in [2.45, 2.75) is 23.5 Å². The van der Waals surface area contributed by atoms with Crippen LogP contribution in [0.15, 0.2) is 41.6 Å². The summed E-state index contributed by atoms with van der Waals surface area (Å²) in [6, 6.07) is 9.57. The molecule has 0 N–H and O–H groups in total. The van der Waals surface area contributed by atoms with Gasteiger partial charge in [0.05, 0.1) is 10.9 Å². The zero-order chi connectivity index (χ0) is 19.4. The van der Waals surface area contributed by atoms with E-state index in [1.165, 1.54) is 0 Å². The van der Waals surface area contributed by atoms with Crippen molar-refractivity contribution in [2.24, 2.45) is 0 Å². The monoisotopic (exact) mass is 413 g/mol. The summed E-state index contributed by atoms with van der Waals surface area (Å²) in [4.78, 5) is 22.2. The van der Waals surface area contributed by atoms with Crippen molar-refractivity contribution < 1.29 is 18.0 Å². The molecule has 1 saturated heterocycles. The van der Waals surface area contributed by atoms with Gasteiger partial charge in [0, 0.05) is 30.2 Å². The van der Waals surface area contributed by atoms with Gasteiger partial charge in [-0.1, -0.05) is 42.1 Å². The number of hydrogen-bond acceptors (Lipinski definition) is 5. The van der Waals surface area contributed by atoms with E-state index in [2.05, 4.69) is 9.97 Å². The first-order chi connectivity index (χ1) is 12.8. The summed E-state index contributed by atoms with van der Waals surface area (Å²) in [5, 5.41) is -0.601. The number of aromatic nitrogens is 2. The summed E-state index contributed by atoms with van der Waals surface area (Å²) in [6.07, 6.45) is -4.58.